The van der Waals surface area contributed by atoms with E-state index in [1.54, 1.807) is 0 Å². The van der Waals surface area contributed by atoms with Gasteiger partial charge in [0.2, 0.25) is 5.91 Å². The van der Waals surface area contributed by atoms with Gasteiger partial charge in [0.25, 0.3) is 0 Å². The molecule has 0 bridgehead atoms. The largest absolute Gasteiger partial charge is 0.378 e. The van der Waals surface area contributed by atoms with E-state index in [4.69, 9.17) is 4.74 Å². The van der Waals surface area contributed by atoms with Crippen molar-refractivity contribution in [1.82, 2.24) is 9.47 Å². The Morgan fingerprint density at radius 2 is 1.90 bits per heavy atom. The van der Waals surface area contributed by atoms with Gasteiger partial charge in [-0.15, -0.1) is 0 Å². The van der Waals surface area contributed by atoms with E-state index in [0.29, 0.717) is 39.3 Å². The second kappa shape index (κ2) is 5.79. The molecule has 5 heteroatoms. The number of ether oxygens (including phenoxy) is 1. The van der Waals surface area contributed by atoms with Crippen molar-refractivity contribution in [2.24, 2.45) is 0 Å². The lowest BCUT2D eigenvalue weighted by molar-refractivity contribution is -0.135. The predicted molar refractivity (Wildman–Crippen MR) is 73.7 cm³/mol. The van der Waals surface area contributed by atoms with Crippen molar-refractivity contribution >= 4 is 11.7 Å². The Kier molecular flexibility index (Phi) is 3.87. The third-order valence-electron chi connectivity index (χ3n) is 4.04. The van der Waals surface area contributed by atoms with Crippen molar-refractivity contribution in [1.29, 1.82) is 0 Å². The Labute approximate surface area is 118 Å². The van der Waals surface area contributed by atoms with Gasteiger partial charge in [-0.2, -0.15) is 0 Å². The number of Topliss-reactive ketones (excluding diaryl/α,β-unsaturated/α-hetero) is 1. The highest BCUT2D eigenvalue weighted by Gasteiger charge is 2.20. The molecule has 2 heterocycles. The summed E-state index contributed by atoms with van der Waals surface area (Å²) in [5.41, 5.74) is 1.92. The highest BCUT2D eigenvalue weighted by Crippen LogP contribution is 2.21. The molecule has 1 aromatic heterocycles. The highest BCUT2D eigenvalue weighted by atomic mass is 16.5. The number of fused-ring (bicyclic) bond motifs is 1. The van der Waals surface area contributed by atoms with E-state index in [9.17, 15) is 9.59 Å². The van der Waals surface area contributed by atoms with Gasteiger partial charge in [-0.25, -0.2) is 0 Å². The zero-order chi connectivity index (χ0) is 13.9. The maximum atomic E-state index is 12.2. The van der Waals surface area contributed by atoms with Crippen LogP contribution in [-0.4, -0.2) is 47.5 Å². The fourth-order valence-electron chi connectivity index (χ4n) is 2.90. The number of carbonyl (C=O) groups excluding carboxylic acids is 2. The summed E-state index contributed by atoms with van der Waals surface area (Å²) < 4.78 is 7.12. The third-order valence-corrected chi connectivity index (χ3v) is 4.04. The molecule has 1 saturated heterocycles. The predicted octanol–water partition coefficient (Wildman–Crippen LogP) is 1.26. The zero-order valence-corrected chi connectivity index (χ0v) is 11.6. The van der Waals surface area contributed by atoms with Crippen LogP contribution in [0.15, 0.2) is 12.4 Å². The molecule has 5 nitrogen and oxygen atoms in total. The molecule has 0 atom stereocenters. The molecule has 108 valence electrons. The minimum absolute atomic E-state index is 0.103. The second-order valence-electron chi connectivity index (χ2n) is 5.49. The molecule has 20 heavy (non-hydrogen) atoms. The summed E-state index contributed by atoms with van der Waals surface area (Å²) in [5.74, 6) is 0.320. The van der Waals surface area contributed by atoms with Gasteiger partial charge in [0.15, 0.2) is 5.78 Å². The molecule has 1 fully saturated rings. The minimum Gasteiger partial charge on any atom is -0.378 e. The van der Waals surface area contributed by atoms with Crippen LogP contribution in [0.3, 0.4) is 0 Å². The van der Waals surface area contributed by atoms with Crippen LogP contribution in [0.2, 0.25) is 0 Å². The average Bonchev–Trinajstić information content (AvgIpc) is 2.79. The highest BCUT2D eigenvalue weighted by molar-refractivity contribution is 5.97. The minimum atomic E-state index is 0.103. The molecule has 1 aliphatic heterocycles. The van der Waals surface area contributed by atoms with Gasteiger partial charge in [0.05, 0.1) is 13.2 Å². The van der Waals surface area contributed by atoms with Gasteiger partial charge < -0.3 is 14.2 Å². The SMILES string of the molecule is O=C1CCCCc2cn(CC(=O)N3CCOCC3)cc21. The van der Waals surface area contributed by atoms with Crippen molar-refractivity contribution in [3.05, 3.63) is 23.5 Å². The lowest BCUT2D eigenvalue weighted by Gasteiger charge is -2.26. The molecule has 0 radical (unpaired) electrons. The maximum absolute atomic E-state index is 12.2. The molecular formula is C15H20N2O3. The molecular weight excluding hydrogens is 256 g/mol. The van der Waals surface area contributed by atoms with E-state index >= 15 is 0 Å². The summed E-state index contributed by atoms with van der Waals surface area (Å²) in [5, 5.41) is 0. The Bertz CT molecular complexity index is 515. The Hall–Kier alpha value is -1.62. The topological polar surface area (TPSA) is 51.5 Å². The number of amides is 1. The summed E-state index contributed by atoms with van der Waals surface area (Å²) in [6.45, 7) is 2.89. The van der Waals surface area contributed by atoms with Crippen LogP contribution in [0.5, 0.6) is 0 Å². The van der Waals surface area contributed by atoms with E-state index in [2.05, 4.69) is 0 Å². The van der Waals surface area contributed by atoms with Crippen LogP contribution in [0.1, 0.15) is 35.2 Å². The maximum Gasteiger partial charge on any atom is 0.242 e. The summed E-state index contributed by atoms with van der Waals surface area (Å²) >= 11 is 0. The number of aromatic nitrogens is 1. The van der Waals surface area contributed by atoms with Gasteiger partial charge >= 0.3 is 0 Å². The van der Waals surface area contributed by atoms with E-state index in [1.165, 1.54) is 0 Å². The first kappa shape index (κ1) is 13.4. The molecule has 1 aliphatic carbocycles. The van der Waals surface area contributed by atoms with Crippen LogP contribution < -0.4 is 0 Å². The van der Waals surface area contributed by atoms with Gasteiger partial charge in [0, 0.05) is 37.5 Å². The number of rotatable bonds is 2. The number of aryl methyl sites for hydroxylation is 1. The summed E-state index contributed by atoms with van der Waals surface area (Å²) in [6, 6.07) is 0. The fraction of sp³-hybridized carbons (Fsp3) is 0.600. The molecule has 0 spiro atoms. The standard InChI is InChI=1S/C15H20N2O3/c18-14-4-2-1-3-12-9-16(10-13(12)14)11-15(19)17-5-7-20-8-6-17/h9-10H,1-8,11H2. The van der Waals surface area contributed by atoms with E-state index in [-0.39, 0.29) is 11.7 Å². The second-order valence-corrected chi connectivity index (χ2v) is 5.49. The van der Waals surface area contributed by atoms with Crippen molar-refractivity contribution in [2.75, 3.05) is 26.3 Å². The first-order chi connectivity index (χ1) is 9.74. The first-order valence-corrected chi connectivity index (χ1v) is 7.31. The smallest absolute Gasteiger partial charge is 0.242 e. The van der Waals surface area contributed by atoms with E-state index in [1.807, 2.05) is 21.9 Å². The van der Waals surface area contributed by atoms with Crippen molar-refractivity contribution in [3.63, 3.8) is 0 Å². The average molecular weight is 276 g/mol. The van der Waals surface area contributed by atoms with Crippen LogP contribution >= 0.6 is 0 Å². The molecule has 0 N–H and O–H groups in total. The number of ketones is 1. The fourth-order valence-corrected chi connectivity index (χ4v) is 2.90. The Morgan fingerprint density at radius 3 is 2.70 bits per heavy atom. The zero-order valence-electron chi connectivity index (χ0n) is 11.6. The Balaban J connectivity index is 1.70. The monoisotopic (exact) mass is 276 g/mol. The van der Waals surface area contributed by atoms with Crippen LogP contribution in [0.25, 0.3) is 0 Å². The van der Waals surface area contributed by atoms with E-state index in [0.717, 1.165) is 30.4 Å². The molecule has 0 aromatic carbocycles. The van der Waals surface area contributed by atoms with Crippen molar-refractivity contribution in [3.8, 4) is 0 Å². The number of hydrogen-bond donors (Lipinski definition) is 0. The van der Waals surface area contributed by atoms with Crippen LogP contribution in [0, 0.1) is 0 Å². The quantitative estimate of drug-likeness (QED) is 0.764. The molecule has 3 rings (SSSR count). The summed E-state index contributed by atoms with van der Waals surface area (Å²) in [6.07, 6.45) is 7.42. The molecule has 2 aliphatic rings. The van der Waals surface area contributed by atoms with E-state index < -0.39 is 0 Å². The van der Waals surface area contributed by atoms with Gasteiger partial charge in [0.1, 0.15) is 6.54 Å². The third kappa shape index (κ3) is 2.77. The first-order valence-electron chi connectivity index (χ1n) is 7.31. The van der Waals surface area contributed by atoms with Crippen LogP contribution in [-0.2, 0) is 22.5 Å². The number of carbonyl (C=O) groups is 2. The number of hydrogen-bond acceptors (Lipinski definition) is 3. The number of nitrogens with zero attached hydrogens (tertiary/aromatic N) is 2. The van der Waals surface area contributed by atoms with Gasteiger partial charge in [-0.3, -0.25) is 9.59 Å². The Morgan fingerprint density at radius 1 is 1.15 bits per heavy atom. The summed E-state index contributed by atoms with van der Waals surface area (Å²) in [4.78, 5) is 26.0. The molecule has 1 amide bonds. The normalized spacial score (nSPS) is 19.6. The summed E-state index contributed by atoms with van der Waals surface area (Å²) in [7, 11) is 0. The van der Waals surface area contributed by atoms with Crippen molar-refractivity contribution in [2.45, 2.75) is 32.2 Å². The number of morpholine rings is 1. The lowest BCUT2D eigenvalue weighted by Crippen LogP contribution is -2.42. The van der Waals surface area contributed by atoms with Gasteiger partial charge in [-0.05, 0) is 24.8 Å². The van der Waals surface area contributed by atoms with Crippen molar-refractivity contribution < 1.29 is 14.3 Å². The lowest BCUT2D eigenvalue weighted by atomic mass is 10.1. The molecule has 0 saturated carbocycles. The molecule has 0 unspecified atom stereocenters. The van der Waals surface area contributed by atoms with Gasteiger partial charge in [-0.1, -0.05) is 0 Å². The molecule has 1 aromatic rings. The van der Waals surface area contributed by atoms with Crippen LogP contribution in [0.4, 0.5) is 0 Å².